The van der Waals surface area contributed by atoms with Crippen LogP contribution in [0.5, 0.6) is 0 Å². The number of hydrogen-bond acceptors (Lipinski definition) is 16. The molecule has 2 fully saturated rings. The van der Waals surface area contributed by atoms with Crippen LogP contribution in [0.3, 0.4) is 0 Å². The van der Waals surface area contributed by atoms with E-state index in [1.165, 1.54) is 28.1 Å². The zero-order chi connectivity index (χ0) is 31.4. The van der Waals surface area contributed by atoms with Crippen molar-refractivity contribution < 1.29 is 52.0 Å². The first-order chi connectivity index (χ1) is 20.8. The number of nitrogens with two attached hydrogens (primary N) is 2. The summed E-state index contributed by atoms with van der Waals surface area (Å²) < 4.78 is 53.8. The van der Waals surface area contributed by atoms with Crippen molar-refractivity contribution in [3.05, 3.63) is 29.3 Å². The molecule has 0 saturated carbocycles. The van der Waals surface area contributed by atoms with Crippen LogP contribution < -0.4 is 17.0 Å². The predicted molar refractivity (Wildman–Crippen MR) is 144 cm³/mol. The maximum absolute atomic E-state index is 13.0. The Morgan fingerprint density at radius 2 is 1.59 bits per heavy atom. The third kappa shape index (κ3) is 6.23. The van der Waals surface area contributed by atoms with Gasteiger partial charge < -0.3 is 40.7 Å². The van der Waals surface area contributed by atoms with Gasteiger partial charge in [-0.25, -0.2) is 29.1 Å². The van der Waals surface area contributed by atoms with Gasteiger partial charge in [-0.15, -0.1) is 0 Å². The van der Waals surface area contributed by atoms with Gasteiger partial charge in [0, 0.05) is 12.8 Å². The number of nitrogen functional groups attached to an aromatic ring is 2. The topological polar surface area (TPSA) is 320 Å². The molecule has 0 aliphatic carbocycles. The number of nitrogens with one attached hydrogen (secondary N) is 1. The maximum atomic E-state index is 13.0. The van der Waals surface area contributed by atoms with Gasteiger partial charge in [-0.05, 0) is 0 Å². The Kier molecular flexibility index (Phi) is 8.01. The SMILES string of the molecule is Nc1nc2c(ncn2C2CC(OP(=O)(O)OCC3OC(n4cnc5c(N)ncnc54)CC3O)C(COP(=O)(O)O)O2)c(=O)[nH]1. The van der Waals surface area contributed by atoms with E-state index in [1.54, 1.807) is 0 Å². The fourth-order valence-electron chi connectivity index (χ4n) is 4.94. The second kappa shape index (κ2) is 11.5. The minimum Gasteiger partial charge on any atom is -0.390 e. The van der Waals surface area contributed by atoms with Gasteiger partial charge >= 0.3 is 15.6 Å². The Morgan fingerprint density at radius 1 is 0.932 bits per heavy atom. The molecule has 6 rings (SSSR count). The fourth-order valence-corrected chi connectivity index (χ4v) is 6.24. The van der Waals surface area contributed by atoms with Crippen LogP contribution in [0.4, 0.5) is 11.8 Å². The zero-order valence-electron chi connectivity index (χ0n) is 22.3. The number of H-pyrrole nitrogens is 1. The highest BCUT2D eigenvalue weighted by Crippen LogP contribution is 2.50. The van der Waals surface area contributed by atoms with E-state index in [9.17, 15) is 33.7 Å². The van der Waals surface area contributed by atoms with Crippen molar-refractivity contribution >= 4 is 49.7 Å². The Labute approximate surface area is 244 Å². The van der Waals surface area contributed by atoms with Crippen molar-refractivity contribution in [2.24, 2.45) is 0 Å². The van der Waals surface area contributed by atoms with Gasteiger partial charge in [0.2, 0.25) is 5.95 Å². The minimum absolute atomic E-state index is 0.0248. The number of phosphoric acid groups is 2. The van der Waals surface area contributed by atoms with E-state index in [4.69, 9.17) is 30.0 Å². The first-order valence-electron chi connectivity index (χ1n) is 12.8. The Morgan fingerprint density at radius 3 is 2.34 bits per heavy atom. The smallest absolute Gasteiger partial charge is 0.390 e. The van der Waals surface area contributed by atoms with Crippen LogP contribution in [-0.4, -0.2) is 96.5 Å². The third-order valence-corrected chi connectivity index (χ3v) is 8.42. The summed E-state index contributed by atoms with van der Waals surface area (Å²) in [7, 11) is -9.87. The highest BCUT2D eigenvalue weighted by molar-refractivity contribution is 7.47. The highest BCUT2D eigenvalue weighted by Gasteiger charge is 2.44. The number of phosphoric ester groups is 2. The van der Waals surface area contributed by atoms with Crippen molar-refractivity contribution in [1.82, 2.24) is 39.0 Å². The lowest BCUT2D eigenvalue weighted by Gasteiger charge is -2.22. The van der Waals surface area contributed by atoms with Crippen molar-refractivity contribution in [2.75, 3.05) is 24.7 Å². The Bertz CT molecular complexity index is 1840. The highest BCUT2D eigenvalue weighted by atomic mass is 31.2. The molecule has 238 valence electrons. The number of aromatic amines is 1. The summed E-state index contributed by atoms with van der Waals surface area (Å²) in [6, 6.07) is 0. The first kappa shape index (κ1) is 30.6. The molecule has 2 aliphatic rings. The van der Waals surface area contributed by atoms with E-state index >= 15 is 0 Å². The van der Waals surface area contributed by atoms with Crippen LogP contribution in [0.15, 0.2) is 23.8 Å². The maximum Gasteiger partial charge on any atom is 0.472 e. The fraction of sp³-hybridized carbons (Fsp3) is 0.500. The molecule has 7 unspecified atom stereocenters. The molecule has 2 saturated heterocycles. The molecular formula is C20H26N10O12P2. The summed E-state index contributed by atoms with van der Waals surface area (Å²) in [5, 5.41) is 10.6. The lowest BCUT2D eigenvalue weighted by Crippen LogP contribution is -2.29. The standard InChI is InChI=1S/C20H26N10O12P2/c21-16-14-17(24-5-23-16)29(6-25-14)12-1-8(31)10(40-12)3-39-44(36,37)42-9-2-13(41-11(9)4-38-43(33,34)35)30-7-26-15-18(30)27-20(22)28-19(15)32/h5-13,31H,1-4H2,(H,36,37)(H2,21,23,24)(H2,33,34,35)(H3,22,27,28,32). The van der Waals surface area contributed by atoms with Gasteiger partial charge in [-0.3, -0.25) is 32.5 Å². The van der Waals surface area contributed by atoms with E-state index in [0.29, 0.717) is 11.2 Å². The number of aliphatic hydroxyl groups excluding tert-OH is 1. The summed E-state index contributed by atoms with van der Waals surface area (Å²) in [6.07, 6.45) is -2.82. The number of nitrogens with zero attached hydrogens (tertiary/aromatic N) is 7. The van der Waals surface area contributed by atoms with Gasteiger partial charge in [0.1, 0.15) is 42.6 Å². The van der Waals surface area contributed by atoms with E-state index in [1.807, 2.05) is 0 Å². The van der Waals surface area contributed by atoms with Crippen LogP contribution >= 0.6 is 15.6 Å². The number of ether oxygens (including phenoxy) is 2. The van der Waals surface area contributed by atoms with Gasteiger partial charge in [0.25, 0.3) is 5.56 Å². The quantitative estimate of drug-likeness (QED) is 0.0969. The summed E-state index contributed by atoms with van der Waals surface area (Å²) in [5.74, 6) is -0.0506. The largest absolute Gasteiger partial charge is 0.472 e. The molecule has 0 aromatic carbocycles. The molecule has 9 N–H and O–H groups in total. The molecule has 24 heteroatoms. The summed E-state index contributed by atoms with van der Waals surface area (Å²) in [6.45, 7) is -1.32. The molecule has 6 heterocycles. The lowest BCUT2D eigenvalue weighted by molar-refractivity contribution is -0.0549. The number of imidazole rings is 2. The van der Waals surface area contributed by atoms with Gasteiger partial charge in [-0.1, -0.05) is 0 Å². The van der Waals surface area contributed by atoms with Gasteiger partial charge in [0.15, 0.2) is 22.6 Å². The molecule has 4 aromatic heterocycles. The van der Waals surface area contributed by atoms with Crippen LogP contribution in [0.2, 0.25) is 0 Å². The van der Waals surface area contributed by atoms with E-state index in [-0.39, 0.29) is 35.8 Å². The van der Waals surface area contributed by atoms with Crippen molar-refractivity contribution in [3.8, 4) is 0 Å². The molecule has 2 aliphatic heterocycles. The Balaban J connectivity index is 1.14. The summed E-state index contributed by atoms with van der Waals surface area (Å²) >= 11 is 0. The average molecular weight is 660 g/mol. The molecule has 7 atom stereocenters. The average Bonchev–Trinajstić information content (AvgIpc) is 3.71. The van der Waals surface area contributed by atoms with Crippen LogP contribution in [0.1, 0.15) is 25.3 Å². The molecule has 22 nitrogen and oxygen atoms in total. The lowest BCUT2D eigenvalue weighted by atomic mass is 10.2. The number of aromatic nitrogens is 8. The summed E-state index contributed by atoms with van der Waals surface area (Å²) in [5.41, 5.74) is 11.5. The number of aliphatic hydroxyl groups is 1. The molecule has 0 radical (unpaired) electrons. The predicted octanol–water partition coefficient (Wildman–Crippen LogP) is -1.33. The molecular weight excluding hydrogens is 634 g/mol. The van der Waals surface area contributed by atoms with Crippen LogP contribution in [-0.2, 0) is 32.2 Å². The van der Waals surface area contributed by atoms with E-state index < -0.39 is 71.3 Å². The molecule has 4 aromatic rings. The third-order valence-electron chi connectivity index (χ3n) is 6.92. The van der Waals surface area contributed by atoms with Gasteiger partial charge in [0.05, 0.1) is 32.0 Å². The summed E-state index contributed by atoms with van der Waals surface area (Å²) in [4.78, 5) is 63.5. The minimum atomic E-state index is -4.96. The van der Waals surface area contributed by atoms with Crippen LogP contribution in [0, 0.1) is 0 Å². The monoisotopic (exact) mass is 660 g/mol. The number of rotatable bonds is 10. The number of hydrogen-bond donors (Lipinski definition) is 7. The molecule has 44 heavy (non-hydrogen) atoms. The van der Waals surface area contributed by atoms with Crippen LogP contribution in [0.25, 0.3) is 22.3 Å². The first-order valence-corrected chi connectivity index (χ1v) is 15.8. The zero-order valence-corrected chi connectivity index (χ0v) is 24.0. The normalized spacial score (nSPS) is 27.4. The number of fused-ring (bicyclic) bond motifs is 2. The van der Waals surface area contributed by atoms with Crippen molar-refractivity contribution in [1.29, 1.82) is 0 Å². The number of anilines is 2. The van der Waals surface area contributed by atoms with E-state index in [0.717, 1.165) is 0 Å². The van der Waals surface area contributed by atoms with Crippen molar-refractivity contribution in [3.63, 3.8) is 0 Å². The van der Waals surface area contributed by atoms with Crippen molar-refractivity contribution in [2.45, 2.75) is 49.7 Å². The Hall–Kier alpha value is -3.40. The molecule has 0 spiro atoms. The second-order valence-electron chi connectivity index (χ2n) is 9.85. The van der Waals surface area contributed by atoms with Gasteiger partial charge in [-0.2, -0.15) is 4.98 Å². The molecule has 0 amide bonds. The second-order valence-corrected chi connectivity index (χ2v) is 12.5. The molecule has 0 bridgehead atoms. The van der Waals surface area contributed by atoms with E-state index in [2.05, 4.69) is 34.4 Å².